The highest BCUT2D eigenvalue weighted by molar-refractivity contribution is 5.48. The molecular formula is C16H29N5. The fourth-order valence-corrected chi connectivity index (χ4v) is 2.82. The Bertz CT molecular complexity index is 480. The maximum atomic E-state index is 5.54. The molecule has 5 nitrogen and oxygen atoms in total. The summed E-state index contributed by atoms with van der Waals surface area (Å²) < 4.78 is 0. The van der Waals surface area contributed by atoms with Crippen molar-refractivity contribution in [2.45, 2.75) is 65.3 Å². The van der Waals surface area contributed by atoms with Gasteiger partial charge in [0.1, 0.15) is 17.5 Å². The van der Waals surface area contributed by atoms with Crippen molar-refractivity contribution >= 4 is 11.6 Å². The van der Waals surface area contributed by atoms with Crippen molar-refractivity contribution in [3.05, 3.63) is 11.9 Å². The standard InChI is InChI=1S/C16H29N5/c1-10-6-7-12(8-11(10)2)18-13-9-14(21-17)20-15(19-13)16(3,4)5/h9-12H,6-8,17H2,1-5H3,(H2,18,19,20,21). The Hall–Kier alpha value is -1.36. The minimum Gasteiger partial charge on any atom is -0.367 e. The Morgan fingerprint density at radius 1 is 1.10 bits per heavy atom. The molecule has 0 aromatic carbocycles. The molecule has 1 aliphatic carbocycles. The molecule has 1 heterocycles. The van der Waals surface area contributed by atoms with Crippen LogP contribution in [-0.2, 0) is 5.41 Å². The van der Waals surface area contributed by atoms with Gasteiger partial charge in [-0.05, 0) is 31.1 Å². The summed E-state index contributed by atoms with van der Waals surface area (Å²) in [5.74, 6) is 9.45. The van der Waals surface area contributed by atoms with Crippen molar-refractivity contribution in [2.75, 3.05) is 10.7 Å². The fourth-order valence-electron chi connectivity index (χ4n) is 2.82. The van der Waals surface area contributed by atoms with Gasteiger partial charge < -0.3 is 10.7 Å². The Labute approximate surface area is 128 Å². The average Bonchev–Trinajstić information content (AvgIpc) is 2.41. The second-order valence-corrected chi connectivity index (χ2v) is 7.47. The predicted molar refractivity (Wildman–Crippen MR) is 88.1 cm³/mol. The van der Waals surface area contributed by atoms with Crippen molar-refractivity contribution in [3.8, 4) is 0 Å². The number of nitrogen functional groups attached to an aromatic ring is 1. The first-order chi connectivity index (χ1) is 9.79. The molecule has 0 aliphatic heterocycles. The summed E-state index contributed by atoms with van der Waals surface area (Å²) in [5.41, 5.74) is 2.54. The van der Waals surface area contributed by atoms with E-state index in [-0.39, 0.29) is 5.41 Å². The largest absolute Gasteiger partial charge is 0.367 e. The van der Waals surface area contributed by atoms with E-state index in [9.17, 15) is 0 Å². The first-order valence-electron chi connectivity index (χ1n) is 7.92. The highest BCUT2D eigenvalue weighted by Crippen LogP contribution is 2.31. The van der Waals surface area contributed by atoms with Crippen molar-refractivity contribution < 1.29 is 0 Å². The van der Waals surface area contributed by atoms with Gasteiger partial charge >= 0.3 is 0 Å². The van der Waals surface area contributed by atoms with Crippen LogP contribution in [0.4, 0.5) is 11.6 Å². The summed E-state index contributed by atoms with van der Waals surface area (Å²) in [6.07, 6.45) is 3.67. The van der Waals surface area contributed by atoms with E-state index >= 15 is 0 Å². The third-order valence-corrected chi connectivity index (χ3v) is 4.50. The predicted octanol–water partition coefficient (Wildman–Crippen LogP) is 3.30. The van der Waals surface area contributed by atoms with Crippen LogP contribution < -0.4 is 16.6 Å². The minimum absolute atomic E-state index is 0.0995. The number of rotatable bonds is 3. The normalized spacial score (nSPS) is 26.5. The molecule has 0 spiro atoms. The SMILES string of the molecule is CC1CCC(Nc2cc(NN)nc(C(C)(C)C)n2)CC1C. The van der Waals surface area contributed by atoms with Crippen LogP contribution >= 0.6 is 0 Å². The molecule has 21 heavy (non-hydrogen) atoms. The molecule has 1 saturated carbocycles. The van der Waals surface area contributed by atoms with Crippen LogP contribution in [0.5, 0.6) is 0 Å². The molecule has 1 fully saturated rings. The van der Waals surface area contributed by atoms with Gasteiger partial charge in [0.25, 0.3) is 0 Å². The number of hydrogen-bond acceptors (Lipinski definition) is 5. The van der Waals surface area contributed by atoms with E-state index in [1.54, 1.807) is 0 Å². The first kappa shape index (κ1) is 16.0. The highest BCUT2D eigenvalue weighted by atomic mass is 15.3. The zero-order valence-corrected chi connectivity index (χ0v) is 13.9. The lowest BCUT2D eigenvalue weighted by atomic mass is 9.79. The van der Waals surface area contributed by atoms with Gasteiger partial charge in [-0.1, -0.05) is 34.6 Å². The number of nitrogens with two attached hydrogens (primary N) is 1. The summed E-state index contributed by atoms with van der Waals surface area (Å²) in [5, 5.41) is 3.57. The topological polar surface area (TPSA) is 75.9 Å². The number of aromatic nitrogens is 2. The highest BCUT2D eigenvalue weighted by Gasteiger charge is 2.25. The number of nitrogens with zero attached hydrogens (tertiary/aromatic N) is 2. The molecule has 3 unspecified atom stereocenters. The lowest BCUT2D eigenvalue weighted by Gasteiger charge is -2.33. The van der Waals surface area contributed by atoms with Gasteiger partial charge in [-0.15, -0.1) is 0 Å². The van der Waals surface area contributed by atoms with Crippen molar-refractivity contribution in [3.63, 3.8) is 0 Å². The zero-order valence-electron chi connectivity index (χ0n) is 13.9. The van der Waals surface area contributed by atoms with E-state index in [0.717, 1.165) is 23.5 Å². The molecule has 5 heteroatoms. The van der Waals surface area contributed by atoms with Crippen LogP contribution in [0, 0.1) is 11.8 Å². The smallest absolute Gasteiger partial charge is 0.145 e. The first-order valence-corrected chi connectivity index (χ1v) is 7.92. The van der Waals surface area contributed by atoms with E-state index in [1.807, 2.05) is 6.07 Å². The van der Waals surface area contributed by atoms with Crippen molar-refractivity contribution in [1.29, 1.82) is 0 Å². The van der Waals surface area contributed by atoms with Crippen LogP contribution in [0.15, 0.2) is 6.07 Å². The van der Waals surface area contributed by atoms with Gasteiger partial charge in [0.2, 0.25) is 0 Å². The van der Waals surface area contributed by atoms with Gasteiger partial charge in [-0.25, -0.2) is 15.8 Å². The van der Waals surface area contributed by atoms with Gasteiger partial charge in [0.15, 0.2) is 0 Å². The minimum atomic E-state index is -0.0995. The average molecular weight is 291 g/mol. The summed E-state index contributed by atoms with van der Waals surface area (Å²) in [6, 6.07) is 2.38. The van der Waals surface area contributed by atoms with Gasteiger partial charge in [0.05, 0.1) is 0 Å². The maximum Gasteiger partial charge on any atom is 0.145 e. The molecule has 1 aliphatic rings. The molecule has 3 atom stereocenters. The molecule has 0 saturated heterocycles. The van der Waals surface area contributed by atoms with Gasteiger partial charge in [-0.2, -0.15) is 0 Å². The van der Waals surface area contributed by atoms with Crippen LogP contribution in [0.25, 0.3) is 0 Å². The monoisotopic (exact) mass is 291 g/mol. The van der Waals surface area contributed by atoms with Gasteiger partial charge in [-0.3, -0.25) is 0 Å². The van der Waals surface area contributed by atoms with Crippen LogP contribution in [0.3, 0.4) is 0 Å². The zero-order chi connectivity index (χ0) is 15.6. The molecule has 0 radical (unpaired) electrons. The third kappa shape index (κ3) is 4.06. The molecule has 4 N–H and O–H groups in total. The molecule has 0 amide bonds. The Kier molecular flexibility index (Phi) is 4.71. The van der Waals surface area contributed by atoms with E-state index in [1.165, 1.54) is 19.3 Å². The molecule has 1 aromatic rings. The van der Waals surface area contributed by atoms with Crippen LogP contribution in [0.2, 0.25) is 0 Å². The summed E-state index contributed by atoms with van der Waals surface area (Å²) >= 11 is 0. The second-order valence-electron chi connectivity index (χ2n) is 7.47. The molecule has 118 valence electrons. The Morgan fingerprint density at radius 2 is 1.76 bits per heavy atom. The fraction of sp³-hybridized carbons (Fsp3) is 0.750. The molecule has 1 aromatic heterocycles. The number of hydrazine groups is 1. The molecule has 2 rings (SSSR count). The summed E-state index contributed by atoms with van der Waals surface area (Å²) in [6.45, 7) is 11.0. The van der Waals surface area contributed by atoms with Crippen molar-refractivity contribution in [2.24, 2.45) is 17.7 Å². The van der Waals surface area contributed by atoms with Gasteiger partial charge in [0, 0.05) is 17.5 Å². The number of nitrogens with one attached hydrogen (secondary N) is 2. The summed E-state index contributed by atoms with van der Waals surface area (Å²) in [4.78, 5) is 9.13. The van der Waals surface area contributed by atoms with E-state index < -0.39 is 0 Å². The van der Waals surface area contributed by atoms with Crippen molar-refractivity contribution in [1.82, 2.24) is 9.97 Å². The maximum absolute atomic E-state index is 5.54. The molecule has 0 bridgehead atoms. The van der Waals surface area contributed by atoms with E-state index in [0.29, 0.717) is 11.9 Å². The summed E-state index contributed by atoms with van der Waals surface area (Å²) in [7, 11) is 0. The van der Waals surface area contributed by atoms with E-state index in [4.69, 9.17) is 5.84 Å². The third-order valence-electron chi connectivity index (χ3n) is 4.50. The Morgan fingerprint density at radius 3 is 2.33 bits per heavy atom. The lowest BCUT2D eigenvalue weighted by Crippen LogP contribution is -2.31. The number of hydrogen-bond donors (Lipinski definition) is 3. The second kappa shape index (κ2) is 6.18. The molecular weight excluding hydrogens is 262 g/mol. The number of anilines is 2. The quantitative estimate of drug-likeness (QED) is 0.588. The Balaban J connectivity index is 2.16. The lowest BCUT2D eigenvalue weighted by molar-refractivity contribution is 0.260. The van der Waals surface area contributed by atoms with Crippen LogP contribution in [-0.4, -0.2) is 16.0 Å². The van der Waals surface area contributed by atoms with E-state index in [2.05, 4.69) is 55.3 Å². The van der Waals surface area contributed by atoms with Crippen LogP contribution in [0.1, 0.15) is 59.7 Å².